The average Bonchev–Trinajstić information content (AvgIpc) is 2.90. The molecule has 2 aliphatic rings. The van der Waals surface area contributed by atoms with Crippen LogP contribution in [0, 0.1) is 0 Å². The summed E-state index contributed by atoms with van der Waals surface area (Å²) in [6, 6.07) is 2.80. The summed E-state index contributed by atoms with van der Waals surface area (Å²) < 4.78 is 37.7. The van der Waals surface area contributed by atoms with Crippen molar-refractivity contribution in [3.05, 3.63) is 28.8 Å². The third kappa shape index (κ3) is 4.62. The molecule has 1 aromatic rings. The molecule has 150 valence electrons. The fourth-order valence-electron chi connectivity index (χ4n) is 2.81. The van der Waals surface area contributed by atoms with Gasteiger partial charge in [0.1, 0.15) is 22.6 Å². The smallest absolute Gasteiger partial charge is 0.294 e. The minimum atomic E-state index is -2.75. The van der Waals surface area contributed by atoms with E-state index in [1.807, 2.05) is 0 Å². The number of allylic oxidation sites excluding steroid dienone is 1. The summed E-state index contributed by atoms with van der Waals surface area (Å²) in [5, 5.41) is 7.17. The maximum atomic E-state index is 13.3. The SMILES string of the molecule is NS(=O)c1ccc(NC(=O)CN2C(=O)SC(=C3CCC(F)(F)CC3)C2=O)cn1. The van der Waals surface area contributed by atoms with Crippen LogP contribution >= 0.6 is 11.8 Å². The lowest BCUT2D eigenvalue weighted by Gasteiger charge is -2.24. The van der Waals surface area contributed by atoms with E-state index in [1.54, 1.807) is 0 Å². The molecule has 1 aliphatic heterocycles. The van der Waals surface area contributed by atoms with Gasteiger partial charge in [0.05, 0.1) is 16.8 Å². The van der Waals surface area contributed by atoms with E-state index in [4.69, 9.17) is 5.14 Å². The lowest BCUT2D eigenvalue weighted by Crippen LogP contribution is -2.36. The molecule has 3 rings (SSSR count). The number of hydrogen-bond acceptors (Lipinski definition) is 6. The third-order valence-electron chi connectivity index (χ3n) is 4.28. The highest BCUT2D eigenvalue weighted by Crippen LogP contribution is 2.42. The van der Waals surface area contributed by atoms with Crippen molar-refractivity contribution in [3.8, 4) is 0 Å². The van der Waals surface area contributed by atoms with Crippen LogP contribution in [0.1, 0.15) is 25.7 Å². The van der Waals surface area contributed by atoms with Crippen molar-refractivity contribution in [2.45, 2.75) is 36.6 Å². The van der Waals surface area contributed by atoms with Gasteiger partial charge in [0.15, 0.2) is 0 Å². The monoisotopic (exact) mass is 430 g/mol. The van der Waals surface area contributed by atoms with E-state index < -0.39 is 40.5 Å². The fourth-order valence-corrected chi connectivity index (χ4v) is 4.15. The number of aromatic nitrogens is 1. The van der Waals surface area contributed by atoms with Crippen LogP contribution < -0.4 is 10.5 Å². The van der Waals surface area contributed by atoms with E-state index in [1.165, 1.54) is 18.3 Å². The van der Waals surface area contributed by atoms with Crippen LogP contribution in [0.15, 0.2) is 33.8 Å². The van der Waals surface area contributed by atoms with Gasteiger partial charge in [-0.2, -0.15) is 0 Å². The highest BCUT2D eigenvalue weighted by Gasteiger charge is 2.41. The topological polar surface area (TPSA) is 122 Å². The van der Waals surface area contributed by atoms with Gasteiger partial charge in [0.2, 0.25) is 11.8 Å². The lowest BCUT2D eigenvalue weighted by atomic mass is 9.91. The van der Waals surface area contributed by atoms with E-state index >= 15 is 0 Å². The van der Waals surface area contributed by atoms with Gasteiger partial charge in [-0.3, -0.25) is 19.3 Å². The normalized spacial score (nSPS) is 20.5. The Morgan fingerprint density at radius 2 is 2.00 bits per heavy atom. The number of rotatable bonds is 4. The lowest BCUT2D eigenvalue weighted by molar-refractivity contribution is -0.127. The van der Waals surface area contributed by atoms with E-state index in [-0.39, 0.29) is 41.3 Å². The first-order chi connectivity index (χ1) is 13.2. The number of hydrogen-bond donors (Lipinski definition) is 2. The van der Waals surface area contributed by atoms with Crippen LogP contribution in [0.4, 0.5) is 19.3 Å². The summed E-state index contributed by atoms with van der Waals surface area (Å²) in [6.07, 6.45) is 0.635. The van der Waals surface area contributed by atoms with Crippen molar-refractivity contribution in [2.75, 3.05) is 11.9 Å². The molecular weight excluding hydrogens is 414 g/mol. The molecule has 8 nitrogen and oxygen atoms in total. The maximum Gasteiger partial charge on any atom is 0.294 e. The summed E-state index contributed by atoms with van der Waals surface area (Å²) in [6.45, 7) is -0.512. The summed E-state index contributed by atoms with van der Waals surface area (Å²) >= 11 is 0.674. The minimum Gasteiger partial charge on any atom is -0.323 e. The number of imide groups is 1. The Morgan fingerprint density at radius 3 is 2.57 bits per heavy atom. The molecule has 1 atom stereocenters. The summed E-state index contributed by atoms with van der Waals surface area (Å²) in [5.74, 6) is -4.02. The van der Waals surface area contributed by atoms with Crippen molar-refractivity contribution in [1.82, 2.24) is 9.88 Å². The number of nitrogens with two attached hydrogens (primary N) is 1. The Morgan fingerprint density at radius 1 is 1.32 bits per heavy atom. The zero-order valence-corrected chi connectivity index (χ0v) is 16.1. The molecule has 1 saturated heterocycles. The molecule has 0 bridgehead atoms. The Hall–Kier alpha value is -2.18. The Kier molecular flexibility index (Phi) is 5.91. The Bertz CT molecular complexity index is 877. The predicted octanol–water partition coefficient (Wildman–Crippen LogP) is 2.16. The molecule has 1 aliphatic carbocycles. The van der Waals surface area contributed by atoms with Crippen molar-refractivity contribution in [3.63, 3.8) is 0 Å². The van der Waals surface area contributed by atoms with Crippen LogP contribution in [-0.4, -0.2) is 43.6 Å². The molecule has 0 aromatic carbocycles. The molecule has 1 aromatic heterocycles. The zero-order chi connectivity index (χ0) is 20.5. The van der Waals surface area contributed by atoms with Crippen molar-refractivity contribution < 1.29 is 27.4 Å². The number of thioether (sulfide) groups is 1. The first-order valence-corrected chi connectivity index (χ1v) is 10.2. The molecule has 0 spiro atoms. The standard InChI is InChI=1S/C16H16F2N4O4S2/c17-16(18)5-3-9(4-6-16)13-14(24)22(15(25)27-13)8-11(23)21-10-1-2-12(20-7-10)28(19)26/h1-2,7H,3-6,8,19H2,(H,21,23). The largest absolute Gasteiger partial charge is 0.323 e. The van der Waals surface area contributed by atoms with Crippen LogP contribution in [0.25, 0.3) is 0 Å². The van der Waals surface area contributed by atoms with Crippen LogP contribution in [0.3, 0.4) is 0 Å². The van der Waals surface area contributed by atoms with Crippen LogP contribution in [-0.2, 0) is 20.6 Å². The molecular formula is C16H16F2N4O4S2. The minimum absolute atomic E-state index is 0.0505. The average molecular weight is 430 g/mol. The van der Waals surface area contributed by atoms with Gasteiger partial charge in [-0.25, -0.2) is 23.1 Å². The first-order valence-electron chi connectivity index (χ1n) is 8.22. The Labute approximate surface area is 165 Å². The van der Waals surface area contributed by atoms with Crippen LogP contribution in [0.2, 0.25) is 0 Å². The van der Waals surface area contributed by atoms with Crippen molar-refractivity contribution in [2.24, 2.45) is 5.14 Å². The molecule has 12 heteroatoms. The number of anilines is 1. The number of carbonyl (C=O) groups is 3. The molecule has 1 unspecified atom stereocenters. The number of nitrogens with zero attached hydrogens (tertiary/aromatic N) is 2. The molecule has 2 heterocycles. The summed E-state index contributed by atoms with van der Waals surface area (Å²) in [4.78, 5) is 41.5. The number of carbonyl (C=O) groups excluding carboxylic acids is 3. The van der Waals surface area contributed by atoms with Gasteiger partial charge < -0.3 is 5.32 Å². The van der Waals surface area contributed by atoms with Gasteiger partial charge in [0, 0.05) is 12.8 Å². The number of amides is 3. The quantitative estimate of drug-likeness (QED) is 0.706. The molecule has 3 amide bonds. The van der Waals surface area contributed by atoms with Gasteiger partial charge in [-0.1, -0.05) is 5.57 Å². The third-order valence-corrected chi connectivity index (χ3v) is 6.00. The number of halogens is 2. The highest BCUT2D eigenvalue weighted by molar-refractivity contribution is 8.18. The van der Waals surface area contributed by atoms with Gasteiger partial charge in [0.25, 0.3) is 11.1 Å². The number of nitrogens with one attached hydrogen (secondary N) is 1. The molecule has 1 saturated carbocycles. The van der Waals surface area contributed by atoms with E-state index in [0.717, 1.165) is 4.90 Å². The Balaban J connectivity index is 1.64. The first kappa shape index (κ1) is 20.6. The van der Waals surface area contributed by atoms with Gasteiger partial charge >= 0.3 is 0 Å². The van der Waals surface area contributed by atoms with E-state index in [9.17, 15) is 27.4 Å². The molecule has 0 radical (unpaired) electrons. The highest BCUT2D eigenvalue weighted by atomic mass is 32.2. The fraction of sp³-hybridized carbons (Fsp3) is 0.375. The number of pyridine rings is 1. The molecule has 28 heavy (non-hydrogen) atoms. The second-order valence-electron chi connectivity index (χ2n) is 6.28. The van der Waals surface area contributed by atoms with Gasteiger partial charge in [-0.05, 0) is 36.7 Å². The zero-order valence-electron chi connectivity index (χ0n) is 14.4. The number of alkyl halides is 2. The maximum absolute atomic E-state index is 13.3. The van der Waals surface area contributed by atoms with E-state index in [2.05, 4.69) is 10.3 Å². The molecule has 2 fully saturated rings. The van der Waals surface area contributed by atoms with Crippen molar-refractivity contribution >= 4 is 45.5 Å². The predicted molar refractivity (Wildman–Crippen MR) is 98.6 cm³/mol. The summed E-state index contributed by atoms with van der Waals surface area (Å²) in [5.41, 5.74) is 0.811. The van der Waals surface area contributed by atoms with Crippen molar-refractivity contribution in [1.29, 1.82) is 0 Å². The van der Waals surface area contributed by atoms with Gasteiger partial charge in [-0.15, -0.1) is 0 Å². The second kappa shape index (κ2) is 8.05. The molecule has 3 N–H and O–H groups in total. The second-order valence-corrected chi connectivity index (χ2v) is 8.25. The summed E-state index contributed by atoms with van der Waals surface area (Å²) in [7, 11) is -1.75. The van der Waals surface area contributed by atoms with E-state index in [0.29, 0.717) is 17.3 Å². The van der Waals surface area contributed by atoms with Crippen LogP contribution in [0.5, 0.6) is 0 Å².